The van der Waals surface area contributed by atoms with Crippen molar-refractivity contribution < 1.29 is 28.6 Å². The van der Waals surface area contributed by atoms with E-state index in [9.17, 15) is 14.4 Å². The van der Waals surface area contributed by atoms with Crippen LogP contribution in [0.15, 0.2) is 91.1 Å². The molecule has 0 saturated heterocycles. The second kappa shape index (κ2) is 11.6. The van der Waals surface area contributed by atoms with E-state index < -0.39 is 11.9 Å². The van der Waals surface area contributed by atoms with Crippen LogP contribution in [0.3, 0.4) is 0 Å². The minimum atomic E-state index is -0.621. The third-order valence-corrected chi connectivity index (χ3v) is 6.68. The summed E-state index contributed by atoms with van der Waals surface area (Å²) in [5.74, 6) is -1.37. The summed E-state index contributed by atoms with van der Waals surface area (Å²) in [5.41, 5.74) is 7.94. The van der Waals surface area contributed by atoms with Crippen molar-refractivity contribution in [2.45, 2.75) is 46.6 Å². The zero-order valence-electron chi connectivity index (χ0n) is 23.3. The topological polar surface area (TPSA) is 78.9 Å². The normalized spacial score (nSPS) is 13.7. The number of hydrogen-bond donors (Lipinski definition) is 0. The molecule has 0 radical (unpaired) electrons. The number of esters is 3. The van der Waals surface area contributed by atoms with Gasteiger partial charge in [0, 0.05) is 16.7 Å². The lowest BCUT2D eigenvalue weighted by Gasteiger charge is -2.15. The number of carbonyl (C=O) groups excluding carboxylic acids is 3. The van der Waals surface area contributed by atoms with E-state index in [0.29, 0.717) is 5.57 Å². The first-order valence-electron chi connectivity index (χ1n) is 12.9. The van der Waals surface area contributed by atoms with Crippen molar-refractivity contribution >= 4 is 17.9 Å². The number of aryl methyl sites for hydroxylation is 2. The molecule has 0 heterocycles. The molecule has 0 aromatic heterocycles. The lowest BCUT2D eigenvalue weighted by atomic mass is 9.94. The quantitative estimate of drug-likeness (QED) is 0.170. The van der Waals surface area contributed by atoms with E-state index >= 15 is 0 Å². The summed E-state index contributed by atoms with van der Waals surface area (Å²) in [6.07, 6.45) is 1.34. The first kappa shape index (κ1) is 28.3. The van der Waals surface area contributed by atoms with Gasteiger partial charge in [-0.3, -0.25) is 0 Å². The number of carbonyl (C=O) groups is 3. The molecule has 0 spiro atoms. The molecule has 0 saturated carbocycles. The lowest BCUT2D eigenvalue weighted by molar-refractivity contribution is -0.144. The van der Waals surface area contributed by atoms with Gasteiger partial charge in [-0.15, -0.1) is 0 Å². The minimum absolute atomic E-state index is 0.113. The van der Waals surface area contributed by atoms with Gasteiger partial charge < -0.3 is 14.2 Å². The van der Waals surface area contributed by atoms with Crippen LogP contribution in [0.5, 0.6) is 11.5 Å². The molecule has 204 valence electrons. The average molecular weight is 537 g/mol. The van der Waals surface area contributed by atoms with Gasteiger partial charge in [0.15, 0.2) is 11.5 Å². The van der Waals surface area contributed by atoms with Crippen LogP contribution in [0.2, 0.25) is 0 Å². The second-order valence-electron chi connectivity index (χ2n) is 10.2. The van der Waals surface area contributed by atoms with Crippen molar-refractivity contribution in [1.29, 1.82) is 0 Å². The molecule has 0 aliphatic heterocycles. The SMILES string of the molecule is C=C(C)C(=O)Oc1ccc(-c2ccc(-c3ccc4c(c3)CCC4OC(=O)C(=C)C)c(C)c2)cc1OC(=O)C(=C)C. The maximum absolute atomic E-state index is 12.3. The average Bonchev–Trinajstić information content (AvgIpc) is 3.30. The van der Waals surface area contributed by atoms with Crippen LogP contribution in [0.1, 0.15) is 50.0 Å². The van der Waals surface area contributed by atoms with Crippen LogP contribution in [0.25, 0.3) is 22.3 Å². The van der Waals surface area contributed by atoms with E-state index in [1.165, 1.54) is 5.56 Å². The van der Waals surface area contributed by atoms with Gasteiger partial charge in [-0.25, -0.2) is 14.4 Å². The van der Waals surface area contributed by atoms with E-state index in [1.54, 1.807) is 39.0 Å². The monoisotopic (exact) mass is 536 g/mol. The summed E-state index contributed by atoms with van der Waals surface area (Å²) in [5, 5.41) is 0. The molecular formula is C34H32O6. The third-order valence-electron chi connectivity index (χ3n) is 6.68. The number of fused-ring (bicyclic) bond motifs is 1. The molecule has 6 nitrogen and oxygen atoms in total. The molecule has 6 heteroatoms. The number of benzene rings is 3. The summed E-state index contributed by atoms with van der Waals surface area (Å²) >= 11 is 0. The van der Waals surface area contributed by atoms with Gasteiger partial charge in [0.2, 0.25) is 0 Å². The Morgan fingerprint density at radius 1 is 0.700 bits per heavy atom. The summed E-state index contributed by atoms with van der Waals surface area (Å²) in [4.78, 5) is 36.4. The Balaban J connectivity index is 1.62. The molecule has 1 unspecified atom stereocenters. The van der Waals surface area contributed by atoms with E-state index in [4.69, 9.17) is 14.2 Å². The molecule has 0 amide bonds. The maximum Gasteiger partial charge on any atom is 0.338 e. The highest BCUT2D eigenvalue weighted by Gasteiger charge is 2.26. The Morgan fingerprint density at radius 2 is 1.27 bits per heavy atom. The van der Waals surface area contributed by atoms with Crippen molar-refractivity contribution in [1.82, 2.24) is 0 Å². The van der Waals surface area contributed by atoms with Crippen LogP contribution in [0.4, 0.5) is 0 Å². The lowest BCUT2D eigenvalue weighted by Crippen LogP contribution is -2.12. The number of rotatable bonds is 8. The molecule has 0 fully saturated rings. The molecular weight excluding hydrogens is 504 g/mol. The van der Waals surface area contributed by atoms with Crippen molar-refractivity contribution in [2.24, 2.45) is 0 Å². The van der Waals surface area contributed by atoms with Crippen molar-refractivity contribution in [3.63, 3.8) is 0 Å². The molecule has 3 aromatic rings. The molecule has 3 aromatic carbocycles. The van der Waals surface area contributed by atoms with E-state index in [0.717, 1.165) is 46.2 Å². The van der Waals surface area contributed by atoms with Crippen LogP contribution in [0, 0.1) is 6.92 Å². The smallest absolute Gasteiger partial charge is 0.338 e. The first-order valence-corrected chi connectivity index (χ1v) is 12.9. The van der Waals surface area contributed by atoms with Crippen LogP contribution < -0.4 is 9.47 Å². The van der Waals surface area contributed by atoms with Crippen molar-refractivity contribution in [2.75, 3.05) is 0 Å². The maximum atomic E-state index is 12.3. The molecule has 1 aliphatic carbocycles. The Morgan fingerprint density at radius 3 is 1.90 bits per heavy atom. The Bertz CT molecular complexity index is 1580. The van der Waals surface area contributed by atoms with Crippen molar-refractivity contribution in [3.05, 3.63) is 108 Å². The Hall–Kier alpha value is -4.71. The highest BCUT2D eigenvalue weighted by molar-refractivity contribution is 5.91. The molecule has 40 heavy (non-hydrogen) atoms. The summed E-state index contributed by atoms with van der Waals surface area (Å²) in [7, 11) is 0. The Labute approximate surface area is 234 Å². The van der Waals surface area contributed by atoms with Crippen LogP contribution >= 0.6 is 0 Å². The van der Waals surface area contributed by atoms with E-state index in [-0.39, 0.29) is 34.7 Å². The van der Waals surface area contributed by atoms with Gasteiger partial charge in [0.25, 0.3) is 0 Å². The largest absolute Gasteiger partial charge is 0.454 e. The Kier molecular flexibility index (Phi) is 8.19. The first-order chi connectivity index (χ1) is 18.9. The minimum Gasteiger partial charge on any atom is -0.454 e. The highest BCUT2D eigenvalue weighted by Crippen LogP contribution is 2.39. The summed E-state index contributed by atoms with van der Waals surface area (Å²) in [6, 6.07) is 17.4. The predicted octanol–water partition coefficient (Wildman–Crippen LogP) is 7.40. The van der Waals surface area contributed by atoms with Gasteiger partial charge in [-0.2, -0.15) is 0 Å². The molecule has 1 aliphatic rings. The predicted molar refractivity (Wildman–Crippen MR) is 155 cm³/mol. The molecule has 1 atom stereocenters. The summed E-state index contributed by atoms with van der Waals surface area (Å²) in [6.45, 7) is 17.7. The van der Waals surface area contributed by atoms with Gasteiger partial charge in [0.05, 0.1) is 0 Å². The van der Waals surface area contributed by atoms with Gasteiger partial charge in [-0.05, 0) is 91.6 Å². The molecule has 0 N–H and O–H groups in total. The van der Waals surface area contributed by atoms with Crippen LogP contribution in [-0.4, -0.2) is 17.9 Å². The third kappa shape index (κ3) is 6.12. The molecule has 4 rings (SSSR count). The van der Waals surface area contributed by atoms with Gasteiger partial charge >= 0.3 is 17.9 Å². The molecule has 0 bridgehead atoms. The summed E-state index contributed by atoms with van der Waals surface area (Å²) < 4.78 is 16.5. The van der Waals surface area contributed by atoms with Crippen LogP contribution in [-0.2, 0) is 25.5 Å². The zero-order valence-corrected chi connectivity index (χ0v) is 23.3. The fourth-order valence-electron chi connectivity index (χ4n) is 4.49. The second-order valence-corrected chi connectivity index (χ2v) is 10.2. The highest BCUT2D eigenvalue weighted by atomic mass is 16.6. The number of hydrogen-bond acceptors (Lipinski definition) is 6. The van der Waals surface area contributed by atoms with Gasteiger partial charge in [-0.1, -0.05) is 62.2 Å². The standard InChI is InChI=1S/C34H32O6/c1-19(2)32(35)38-29-14-11-26-17-25(9-13-28(26)29)27-12-8-23(16-22(27)7)24-10-15-30(39-33(36)20(3)4)31(18-24)40-34(37)21(5)6/h8-10,12-13,15-18,29H,1,3,5,11,14H2,2,4,6-7H3. The fourth-order valence-corrected chi connectivity index (χ4v) is 4.49. The fraction of sp³-hybridized carbons (Fsp3) is 0.206. The number of ether oxygens (including phenoxy) is 3. The van der Waals surface area contributed by atoms with E-state index in [1.807, 2.05) is 25.1 Å². The van der Waals surface area contributed by atoms with Gasteiger partial charge in [0.1, 0.15) is 6.10 Å². The zero-order chi connectivity index (χ0) is 29.1. The van der Waals surface area contributed by atoms with Crippen molar-refractivity contribution in [3.8, 4) is 33.8 Å². The van der Waals surface area contributed by atoms with E-state index in [2.05, 4.69) is 37.9 Å².